The third kappa shape index (κ3) is 9.58. The van der Waals surface area contributed by atoms with Gasteiger partial charge in [-0.25, -0.2) is 4.79 Å². The maximum absolute atomic E-state index is 13.1. The van der Waals surface area contributed by atoms with E-state index in [1.807, 2.05) is 44.2 Å². The van der Waals surface area contributed by atoms with Crippen LogP contribution in [0.2, 0.25) is 0 Å². The Labute approximate surface area is 194 Å². The van der Waals surface area contributed by atoms with Crippen molar-refractivity contribution in [3.05, 3.63) is 35.9 Å². The minimum absolute atomic E-state index is 0.174. The maximum Gasteiger partial charge on any atom is 0.328 e. The Kier molecular flexibility index (Phi) is 11.5. The molecule has 10 heteroatoms. The number of carbonyl (C=O) groups is 4. The molecule has 0 saturated carbocycles. The van der Waals surface area contributed by atoms with Crippen LogP contribution in [-0.2, 0) is 25.6 Å². The molecule has 0 aliphatic heterocycles. The highest BCUT2D eigenvalue weighted by atomic mass is 16.4. The number of carboxylic acid groups (broad SMARTS) is 1. The first-order valence-corrected chi connectivity index (χ1v) is 11.0. The Morgan fingerprint density at radius 1 is 0.879 bits per heavy atom. The van der Waals surface area contributed by atoms with E-state index in [9.17, 15) is 24.3 Å². The molecule has 4 atom stereocenters. The van der Waals surface area contributed by atoms with E-state index in [2.05, 4.69) is 16.0 Å². The molecule has 0 fully saturated rings. The molecule has 0 aromatic heterocycles. The quantitative estimate of drug-likeness (QED) is 0.234. The standard InChI is InChI=1S/C23H36N4O6/c1-13(2)10-16(24)20(29)25-17(11-15-8-6-5-7-9-15)21(30)27-19(14(3)4)22(31)26-18(12-28)23(32)33/h5-9,13-14,16-19,28H,10-12,24H2,1-4H3,(H,25,29)(H,26,31)(H,27,30)(H,32,33). The number of hydrogen-bond acceptors (Lipinski definition) is 6. The third-order valence-corrected chi connectivity index (χ3v) is 5.02. The average molecular weight is 465 g/mol. The number of hydrogen-bond donors (Lipinski definition) is 6. The summed E-state index contributed by atoms with van der Waals surface area (Å²) in [7, 11) is 0. The Hall–Kier alpha value is -2.98. The van der Waals surface area contributed by atoms with Crippen molar-refractivity contribution in [1.82, 2.24) is 16.0 Å². The summed E-state index contributed by atoms with van der Waals surface area (Å²) < 4.78 is 0. The van der Waals surface area contributed by atoms with Gasteiger partial charge in [0.05, 0.1) is 12.6 Å². The summed E-state index contributed by atoms with van der Waals surface area (Å²) in [4.78, 5) is 49.5. The summed E-state index contributed by atoms with van der Waals surface area (Å²) in [5.74, 6) is -3.42. The number of nitrogens with two attached hydrogens (primary N) is 1. The van der Waals surface area contributed by atoms with Crippen LogP contribution in [0.4, 0.5) is 0 Å². The molecule has 4 unspecified atom stereocenters. The van der Waals surface area contributed by atoms with Gasteiger partial charge in [-0.15, -0.1) is 0 Å². The van der Waals surface area contributed by atoms with Crippen LogP contribution < -0.4 is 21.7 Å². The Balaban J connectivity index is 3.04. The molecule has 0 aliphatic carbocycles. The molecule has 3 amide bonds. The zero-order chi connectivity index (χ0) is 25.1. The zero-order valence-electron chi connectivity index (χ0n) is 19.6. The fourth-order valence-electron chi connectivity index (χ4n) is 3.19. The number of aliphatic hydroxyl groups is 1. The zero-order valence-corrected chi connectivity index (χ0v) is 19.6. The lowest BCUT2D eigenvalue weighted by atomic mass is 9.99. The lowest BCUT2D eigenvalue weighted by Crippen LogP contribution is -2.59. The molecule has 0 heterocycles. The molecule has 10 nitrogen and oxygen atoms in total. The van der Waals surface area contributed by atoms with Gasteiger partial charge in [0, 0.05) is 6.42 Å². The van der Waals surface area contributed by atoms with Crippen LogP contribution in [0.3, 0.4) is 0 Å². The summed E-state index contributed by atoms with van der Waals surface area (Å²) >= 11 is 0. The van der Waals surface area contributed by atoms with E-state index >= 15 is 0 Å². The normalized spacial score (nSPS) is 14.8. The van der Waals surface area contributed by atoms with E-state index in [-0.39, 0.29) is 12.3 Å². The predicted octanol–water partition coefficient (Wildman–Crippen LogP) is -0.210. The summed E-state index contributed by atoms with van der Waals surface area (Å²) in [6.45, 7) is 6.44. The fraction of sp³-hybridized carbons (Fsp3) is 0.565. The van der Waals surface area contributed by atoms with Crippen molar-refractivity contribution in [2.75, 3.05) is 6.61 Å². The molecule has 0 bridgehead atoms. The van der Waals surface area contributed by atoms with Crippen molar-refractivity contribution in [3.63, 3.8) is 0 Å². The molecule has 0 saturated heterocycles. The van der Waals surface area contributed by atoms with Crippen molar-refractivity contribution in [1.29, 1.82) is 0 Å². The first-order valence-electron chi connectivity index (χ1n) is 11.0. The number of aliphatic carboxylic acids is 1. The van der Waals surface area contributed by atoms with Crippen LogP contribution in [0.5, 0.6) is 0 Å². The van der Waals surface area contributed by atoms with Crippen LogP contribution in [0.1, 0.15) is 39.7 Å². The van der Waals surface area contributed by atoms with Crippen molar-refractivity contribution < 1.29 is 29.4 Å². The highest BCUT2D eigenvalue weighted by Gasteiger charge is 2.32. The molecule has 1 aromatic carbocycles. The van der Waals surface area contributed by atoms with E-state index in [4.69, 9.17) is 10.8 Å². The van der Waals surface area contributed by atoms with E-state index in [0.29, 0.717) is 6.42 Å². The second-order valence-electron chi connectivity index (χ2n) is 8.80. The number of carbonyl (C=O) groups excluding carboxylic acids is 3. The van der Waals surface area contributed by atoms with Gasteiger partial charge >= 0.3 is 5.97 Å². The third-order valence-electron chi connectivity index (χ3n) is 5.02. The van der Waals surface area contributed by atoms with Gasteiger partial charge in [0.15, 0.2) is 0 Å². The van der Waals surface area contributed by atoms with Gasteiger partial charge < -0.3 is 31.9 Å². The van der Waals surface area contributed by atoms with Crippen molar-refractivity contribution in [3.8, 4) is 0 Å². The molecule has 33 heavy (non-hydrogen) atoms. The van der Waals surface area contributed by atoms with Crippen LogP contribution in [-0.4, -0.2) is 64.7 Å². The van der Waals surface area contributed by atoms with Crippen LogP contribution in [0.25, 0.3) is 0 Å². The van der Waals surface area contributed by atoms with Gasteiger partial charge in [-0.1, -0.05) is 58.0 Å². The molecule has 0 radical (unpaired) electrons. The topological polar surface area (TPSA) is 171 Å². The Morgan fingerprint density at radius 2 is 1.45 bits per heavy atom. The monoisotopic (exact) mass is 464 g/mol. The molecular formula is C23H36N4O6. The van der Waals surface area contributed by atoms with E-state index in [0.717, 1.165) is 5.56 Å². The highest BCUT2D eigenvalue weighted by molar-refractivity contribution is 5.94. The summed E-state index contributed by atoms with van der Waals surface area (Å²) in [6.07, 6.45) is 0.619. The lowest BCUT2D eigenvalue weighted by molar-refractivity contribution is -0.143. The number of rotatable bonds is 13. The van der Waals surface area contributed by atoms with Gasteiger partial charge in [0.1, 0.15) is 18.1 Å². The molecule has 0 spiro atoms. The number of carboxylic acids is 1. The van der Waals surface area contributed by atoms with Crippen molar-refractivity contribution in [2.45, 2.75) is 64.7 Å². The first-order chi connectivity index (χ1) is 15.5. The number of amides is 3. The molecule has 1 aromatic rings. The summed E-state index contributed by atoms with van der Waals surface area (Å²) in [5.41, 5.74) is 6.77. The van der Waals surface area contributed by atoms with E-state index in [1.54, 1.807) is 13.8 Å². The number of nitrogens with one attached hydrogen (secondary N) is 3. The second-order valence-corrected chi connectivity index (χ2v) is 8.80. The molecule has 184 valence electrons. The number of benzene rings is 1. The summed E-state index contributed by atoms with van der Waals surface area (Å²) in [6, 6.07) is 4.70. The van der Waals surface area contributed by atoms with Gasteiger partial charge in [-0.2, -0.15) is 0 Å². The molecular weight excluding hydrogens is 428 g/mol. The minimum atomic E-state index is -1.50. The van der Waals surface area contributed by atoms with Crippen LogP contribution in [0, 0.1) is 11.8 Å². The van der Waals surface area contributed by atoms with Crippen molar-refractivity contribution in [2.24, 2.45) is 17.6 Å². The second kappa shape index (κ2) is 13.5. The Bertz CT molecular complexity index is 799. The van der Waals surface area contributed by atoms with E-state index in [1.165, 1.54) is 0 Å². The minimum Gasteiger partial charge on any atom is -0.480 e. The van der Waals surface area contributed by atoms with Gasteiger partial charge in [-0.3, -0.25) is 14.4 Å². The maximum atomic E-state index is 13.1. The highest BCUT2D eigenvalue weighted by Crippen LogP contribution is 2.09. The lowest BCUT2D eigenvalue weighted by Gasteiger charge is -2.27. The SMILES string of the molecule is CC(C)CC(N)C(=O)NC(Cc1ccccc1)C(=O)NC(C(=O)NC(CO)C(=O)O)C(C)C. The van der Waals surface area contributed by atoms with Crippen molar-refractivity contribution >= 4 is 23.7 Å². The largest absolute Gasteiger partial charge is 0.480 e. The number of aliphatic hydroxyl groups excluding tert-OH is 1. The predicted molar refractivity (Wildman–Crippen MR) is 123 cm³/mol. The van der Waals surface area contributed by atoms with Crippen LogP contribution in [0.15, 0.2) is 30.3 Å². The van der Waals surface area contributed by atoms with Gasteiger partial charge in [0.2, 0.25) is 17.7 Å². The first kappa shape index (κ1) is 28.1. The van der Waals surface area contributed by atoms with Gasteiger partial charge in [0.25, 0.3) is 0 Å². The van der Waals surface area contributed by atoms with E-state index < -0.39 is 60.4 Å². The smallest absolute Gasteiger partial charge is 0.328 e. The molecule has 7 N–H and O–H groups in total. The molecule has 0 aliphatic rings. The fourth-order valence-corrected chi connectivity index (χ4v) is 3.19. The molecule has 1 rings (SSSR count). The van der Waals surface area contributed by atoms with Crippen LogP contribution >= 0.6 is 0 Å². The average Bonchev–Trinajstić information content (AvgIpc) is 2.74. The Morgan fingerprint density at radius 3 is 1.94 bits per heavy atom. The van der Waals surface area contributed by atoms with Gasteiger partial charge in [-0.05, 0) is 23.8 Å². The summed E-state index contributed by atoms with van der Waals surface area (Å²) in [5, 5.41) is 25.7.